The molecule has 4 aliphatic rings. The third-order valence-electron chi connectivity index (χ3n) is 10.2. The van der Waals surface area contributed by atoms with E-state index in [1.54, 1.807) is 6.08 Å². The third-order valence-corrected chi connectivity index (χ3v) is 10.2. The lowest BCUT2D eigenvalue weighted by atomic mass is 9.47. The predicted octanol–water partition coefficient (Wildman–Crippen LogP) is 6.03. The smallest absolute Gasteiger partial charge is 0.303 e. The average Bonchev–Trinajstić information content (AvgIpc) is 3.09. The van der Waals surface area contributed by atoms with Crippen molar-refractivity contribution in [3.05, 3.63) is 23.8 Å². The van der Waals surface area contributed by atoms with Gasteiger partial charge in [-0.25, -0.2) is 0 Å². The fourth-order valence-corrected chi connectivity index (χ4v) is 8.54. The number of ether oxygens (including phenoxy) is 1. The number of carbonyl (C=O) groups is 2. The molecule has 0 heterocycles. The minimum Gasteiger partial charge on any atom is -0.459 e. The number of hydrogen-bond donors (Lipinski definition) is 1. The molecule has 4 rings (SSSR count). The fourth-order valence-electron chi connectivity index (χ4n) is 8.54. The van der Waals surface area contributed by atoms with Crippen molar-refractivity contribution in [1.29, 1.82) is 0 Å². The first-order chi connectivity index (χ1) is 15.4. The first-order valence-electron chi connectivity index (χ1n) is 13.2. The quantitative estimate of drug-likeness (QED) is 0.496. The second-order valence-electron chi connectivity index (χ2n) is 12.6. The largest absolute Gasteiger partial charge is 0.459 e. The van der Waals surface area contributed by atoms with Crippen LogP contribution < -0.4 is 0 Å². The predicted molar refractivity (Wildman–Crippen MR) is 130 cm³/mol. The van der Waals surface area contributed by atoms with Gasteiger partial charge in [0.2, 0.25) is 0 Å². The summed E-state index contributed by atoms with van der Waals surface area (Å²) in [6.07, 6.45) is 13.5. The Labute approximate surface area is 200 Å². The molecule has 4 heteroatoms. The van der Waals surface area contributed by atoms with Crippen LogP contribution in [0, 0.1) is 40.4 Å². The minimum atomic E-state index is -1.03. The highest BCUT2D eigenvalue weighted by atomic mass is 16.6. The van der Waals surface area contributed by atoms with Crippen molar-refractivity contribution in [3.8, 4) is 0 Å². The van der Waals surface area contributed by atoms with Gasteiger partial charge in [-0.1, -0.05) is 39.3 Å². The van der Waals surface area contributed by atoms with Gasteiger partial charge in [0.25, 0.3) is 0 Å². The number of hydrogen-bond acceptors (Lipinski definition) is 4. The van der Waals surface area contributed by atoms with Crippen molar-refractivity contribution < 1.29 is 19.4 Å². The van der Waals surface area contributed by atoms with Crippen molar-refractivity contribution in [3.63, 3.8) is 0 Å². The molecule has 0 amide bonds. The van der Waals surface area contributed by atoms with Crippen LogP contribution in [0.1, 0.15) is 92.9 Å². The number of carbonyl (C=O) groups excluding carboxylic acids is 2. The Morgan fingerprint density at radius 2 is 1.91 bits per heavy atom. The number of esters is 1. The Kier molecular flexibility index (Phi) is 6.48. The molecule has 1 unspecified atom stereocenters. The Balaban J connectivity index is 1.59. The number of allylic oxidation sites excluding steroid dienone is 4. The maximum Gasteiger partial charge on any atom is 0.303 e. The molecule has 0 bridgehead atoms. The normalized spacial score (nSPS) is 40.4. The minimum absolute atomic E-state index is 0.00367. The number of fused-ring (bicyclic) bond motifs is 5. The molecule has 4 nitrogen and oxygen atoms in total. The zero-order valence-electron chi connectivity index (χ0n) is 21.5. The molecule has 0 radical (unpaired) electrons. The molecule has 0 spiro atoms. The highest BCUT2D eigenvalue weighted by molar-refractivity contribution is 6.01. The van der Waals surface area contributed by atoms with Gasteiger partial charge >= 0.3 is 5.97 Å². The number of aliphatic hydroxyl groups is 1. The molecular formula is C29H44O4. The summed E-state index contributed by atoms with van der Waals surface area (Å²) in [5.41, 5.74) is 0.339. The Bertz CT molecular complexity index is 852. The maximum absolute atomic E-state index is 12.0. The highest BCUT2D eigenvalue weighted by Crippen LogP contribution is 2.67. The van der Waals surface area contributed by atoms with Crippen LogP contribution in [-0.4, -0.2) is 28.6 Å². The second-order valence-corrected chi connectivity index (χ2v) is 12.6. The van der Waals surface area contributed by atoms with E-state index < -0.39 is 11.7 Å². The lowest BCUT2D eigenvalue weighted by Crippen LogP contribution is -2.56. The highest BCUT2D eigenvalue weighted by Gasteiger charge is 2.62. The van der Waals surface area contributed by atoms with Gasteiger partial charge in [-0.05, 0) is 105 Å². The van der Waals surface area contributed by atoms with Crippen molar-refractivity contribution in [2.45, 2.75) is 105 Å². The van der Waals surface area contributed by atoms with Gasteiger partial charge < -0.3 is 9.84 Å². The van der Waals surface area contributed by atoms with E-state index in [2.05, 4.69) is 33.8 Å². The van der Waals surface area contributed by atoms with Gasteiger partial charge in [-0.2, -0.15) is 0 Å². The van der Waals surface area contributed by atoms with Crippen LogP contribution in [0.25, 0.3) is 0 Å². The fraction of sp³-hybridized carbons (Fsp3) is 0.793. The van der Waals surface area contributed by atoms with E-state index in [4.69, 9.17) is 4.74 Å². The van der Waals surface area contributed by atoms with Crippen LogP contribution in [0.5, 0.6) is 0 Å². The van der Waals surface area contributed by atoms with Crippen molar-refractivity contribution in [2.24, 2.45) is 40.4 Å². The van der Waals surface area contributed by atoms with Crippen LogP contribution in [0.15, 0.2) is 23.8 Å². The van der Waals surface area contributed by atoms with Crippen LogP contribution in [0.2, 0.25) is 0 Å². The van der Waals surface area contributed by atoms with E-state index in [0.717, 1.165) is 44.9 Å². The average molecular weight is 457 g/mol. The SMILES string of the molecule is CC(=O)OC(CCC(C)C)[C@@](C)(O)[C@H]1CC[C@H]2[C@@H]3CCC4=CC(=O)C=C[C@]4(C)[C@H]3CC[C@@]21C. The van der Waals surface area contributed by atoms with Gasteiger partial charge in [-0.15, -0.1) is 0 Å². The molecule has 3 saturated carbocycles. The molecule has 0 aliphatic heterocycles. The molecule has 0 aromatic heterocycles. The van der Waals surface area contributed by atoms with E-state index in [0.29, 0.717) is 30.1 Å². The first-order valence-corrected chi connectivity index (χ1v) is 13.2. The summed E-state index contributed by atoms with van der Waals surface area (Å²) in [6, 6.07) is 0. The standard InChI is InChI=1S/C29H44O4/c1-18(2)7-12-26(33-19(3)30)29(6,32)25-11-10-23-22-9-8-20-17-21(31)13-15-27(20,4)24(22)14-16-28(23,25)5/h13,15,17-18,22-26,32H,7-12,14,16H2,1-6H3/t22-,23-,24-,25-,26?,27-,28-,29-/m0/s1. The number of ketones is 1. The van der Waals surface area contributed by atoms with Gasteiger partial charge in [0.1, 0.15) is 11.7 Å². The molecule has 0 aromatic carbocycles. The third kappa shape index (κ3) is 4.15. The zero-order chi connectivity index (χ0) is 24.2. The van der Waals surface area contributed by atoms with E-state index in [9.17, 15) is 14.7 Å². The molecule has 0 aromatic rings. The summed E-state index contributed by atoms with van der Waals surface area (Å²) in [5, 5.41) is 12.0. The summed E-state index contributed by atoms with van der Waals surface area (Å²) in [6.45, 7) is 12.5. The molecular weight excluding hydrogens is 412 g/mol. The Morgan fingerprint density at radius 1 is 1.18 bits per heavy atom. The molecule has 33 heavy (non-hydrogen) atoms. The second kappa shape index (κ2) is 8.66. The van der Waals surface area contributed by atoms with Crippen molar-refractivity contribution in [2.75, 3.05) is 0 Å². The first kappa shape index (κ1) is 24.7. The summed E-state index contributed by atoms with van der Waals surface area (Å²) in [7, 11) is 0. The van der Waals surface area contributed by atoms with Crippen LogP contribution in [-0.2, 0) is 14.3 Å². The van der Waals surface area contributed by atoms with Gasteiger partial charge in [0.05, 0.1) is 0 Å². The number of rotatable bonds is 6. The van der Waals surface area contributed by atoms with Gasteiger partial charge in [0, 0.05) is 12.3 Å². The van der Waals surface area contributed by atoms with Gasteiger partial charge in [-0.3, -0.25) is 9.59 Å². The summed E-state index contributed by atoms with van der Waals surface area (Å²) in [5.74, 6) is 2.21. The molecule has 0 saturated heterocycles. The topological polar surface area (TPSA) is 63.6 Å². The van der Waals surface area contributed by atoms with E-state index in [1.807, 2.05) is 13.0 Å². The molecule has 4 aliphatic carbocycles. The van der Waals surface area contributed by atoms with Crippen LogP contribution in [0.4, 0.5) is 0 Å². The van der Waals surface area contributed by atoms with E-state index in [1.165, 1.54) is 12.5 Å². The summed E-state index contributed by atoms with van der Waals surface area (Å²) >= 11 is 0. The molecule has 8 atom stereocenters. The molecule has 184 valence electrons. The van der Waals surface area contributed by atoms with Crippen LogP contribution in [0.3, 0.4) is 0 Å². The maximum atomic E-state index is 12.0. The van der Waals surface area contributed by atoms with E-state index >= 15 is 0 Å². The molecule has 3 fully saturated rings. The summed E-state index contributed by atoms with van der Waals surface area (Å²) < 4.78 is 5.77. The van der Waals surface area contributed by atoms with E-state index in [-0.39, 0.29) is 28.5 Å². The lowest BCUT2D eigenvalue weighted by Gasteiger charge is -2.58. The lowest BCUT2D eigenvalue weighted by molar-refractivity contribution is -0.182. The Morgan fingerprint density at radius 3 is 2.58 bits per heavy atom. The summed E-state index contributed by atoms with van der Waals surface area (Å²) in [4.78, 5) is 24.0. The van der Waals surface area contributed by atoms with Crippen molar-refractivity contribution in [1.82, 2.24) is 0 Å². The zero-order valence-corrected chi connectivity index (χ0v) is 21.5. The van der Waals surface area contributed by atoms with Crippen LogP contribution >= 0.6 is 0 Å². The molecule has 1 N–H and O–H groups in total. The Hall–Kier alpha value is -1.42. The van der Waals surface area contributed by atoms with Crippen molar-refractivity contribution >= 4 is 11.8 Å². The van der Waals surface area contributed by atoms with Gasteiger partial charge in [0.15, 0.2) is 5.78 Å². The monoisotopic (exact) mass is 456 g/mol.